The molecule has 1 fully saturated rings. The van der Waals surface area contributed by atoms with Crippen LogP contribution < -0.4 is 5.32 Å². The van der Waals surface area contributed by atoms with Crippen molar-refractivity contribution in [3.05, 3.63) is 36.8 Å². The van der Waals surface area contributed by atoms with E-state index in [1.54, 1.807) is 12.6 Å². The molecule has 7 nitrogen and oxygen atoms in total. The molecule has 3 aromatic rings. The number of aromatic nitrogens is 4. The third-order valence-electron chi connectivity index (χ3n) is 4.14. The van der Waals surface area contributed by atoms with Gasteiger partial charge >= 0.3 is 0 Å². The third kappa shape index (κ3) is 2.43. The predicted octanol–water partition coefficient (Wildman–Crippen LogP) is 2.19. The highest BCUT2D eigenvalue weighted by Gasteiger charge is 2.25. The van der Waals surface area contributed by atoms with Crippen molar-refractivity contribution in [2.75, 3.05) is 25.0 Å². The molecule has 22 heavy (non-hydrogen) atoms. The Labute approximate surface area is 127 Å². The van der Waals surface area contributed by atoms with E-state index in [1.165, 1.54) is 19.2 Å². The molecular formula is C15H18N6O. The lowest BCUT2D eigenvalue weighted by molar-refractivity contribution is 0.225. The smallest absolute Gasteiger partial charge is 0.182 e. The summed E-state index contributed by atoms with van der Waals surface area (Å²) >= 11 is 0. The van der Waals surface area contributed by atoms with Gasteiger partial charge in [0.05, 0.1) is 18.6 Å². The van der Waals surface area contributed by atoms with Crippen molar-refractivity contribution < 1.29 is 4.42 Å². The Bertz CT molecular complexity index is 731. The Hall–Kier alpha value is -2.41. The van der Waals surface area contributed by atoms with E-state index in [4.69, 9.17) is 4.42 Å². The number of nitrogens with one attached hydrogen (secondary N) is 2. The van der Waals surface area contributed by atoms with Crippen molar-refractivity contribution >= 4 is 17.0 Å². The minimum absolute atomic E-state index is 0.213. The summed E-state index contributed by atoms with van der Waals surface area (Å²) in [6.45, 7) is 2.95. The zero-order valence-corrected chi connectivity index (χ0v) is 12.2. The van der Waals surface area contributed by atoms with Gasteiger partial charge in [0.15, 0.2) is 11.5 Å². The minimum atomic E-state index is 0.213. The van der Waals surface area contributed by atoms with Gasteiger partial charge in [0.2, 0.25) is 0 Å². The molecule has 1 unspecified atom stereocenters. The number of hydrogen-bond acceptors (Lipinski definition) is 6. The average Bonchev–Trinajstić information content (AvgIpc) is 3.30. The fourth-order valence-electron chi connectivity index (χ4n) is 3.04. The van der Waals surface area contributed by atoms with Gasteiger partial charge in [-0.25, -0.2) is 15.0 Å². The summed E-state index contributed by atoms with van der Waals surface area (Å²) in [5, 5.41) is 3.42. The van der Waals surface area contributed by atoms with Crippen LogP contribution in [0.3, 0.4) is 0 Å². The molecule has 4 rings (SSSR count). The van der Waals surface area contributed by atoms with E-state index >= 15 is 0 Å². The second-order valence-electron chi connectivity index (χ2n) is 5.48. The Morgan fingerprint density at radius 1 is 1.27 bits per heavy atom. The second kappa shape index (κ2) is 5.76. The summed E-state index contributed by atoms with van der Waals surface area (Å²) in [6.07, 6.45) is 7.39. The summed E-state index contributed by atoms with van der Waals surface area (Å²) in [7, 11) is 0. The Morgan fingerprint density at radius 2 is 2.18 bits per heavy atom. The lowest BCUT2D eigenvalue weighted by Gasteiger charge is -2.26. The Kier molecular flexibility index (Phi) is 3.48. The largest absolute Gasteiger partial charge is 0.468 e. The van der Waals surface area contributed by atoms with Crippen LogP contribution in [0.5, 0.6) is 0 Å². The molecule has 1 atom stereocenters. The number of likely N-dealkylation sites (tertiary alicyclic amines) is 1. The van der Waals surface area contributed by atoms with Crippen molar-refractivity contribution in [2.45, 2.75) is 18.9 Å². The molecule has 1 aliphatic heterocycles. The van der Waals surface area contributed by atoms with Gasteiger partial charge in [-0.3, -0.25) is 4.90 Å². The van der Waals surface area contributed by atoms with Crippen LogP contribution in [0.4, 0.5) is 5.82 Å². The number of hydrogen-bond donors (Lipinski definition) is 2. The number of nitrogens with zero attached hydrogens (tertiary/aromatic N) is 4. The van der Waals surface area contributed by atoms with Crippen LogP contribution in [0.2, 0.25) is 0 Å². The van der Waals surface area contributed by atoms with Crippen LogP contribution in [0.25, 0.3) is 11.2 Å². The molecule has 1 aliphatic rings. The maximum Gasteiger partial charge on any atom is 0.182 e. The van der Waals surface area contributed by atoms with E-state index in [-0.39, 0.29) is 6.04 Å². The van der Waals surface area contributed by atoms with Gasteiger partial charge in [0, 0.05) is 6.54 Å². The van der Waals surface area contributed by atoms with E-state index in [9.17, 15) is 0 Å². The van der Waals surface area contributed by atoms with E-state index in [2.05, 4.69) is 30.2 Å². The second-order valence-corrected chi connectivity index (χ2v) is 5.48. The van der Waals surface area contributed by atoms with Gasteiger partial charge in [-0.05, 0) is 38.1 Å². The SMILES string of the molecule is c1coc(C(CNc2ncnc3nc[nH]c23)N2CCCC2)c1. The fraction of sp³-hybridized carbons (Fsp3) is 0.400. The number of H-pyrrole nitrogens is 1. The van der Waals surface area contributed by atoms with Crippen molar-refractivity contribution in [3.63, 3.8) is 0 Å². The van der Waals surface area contributed by atoms with Crippen LogP contribution in [0, 0.1) is 0 Å². The highest BCUT2D eigenvalue weighted by Crippen LogP contribution is 2.26. The lowest BCUT2D eigenvalue weighted by Crippen LogP contribution is -2.31. The fourth-order valence-corrected chi connectivity index (χ4v) is 3.04. The van der Waals surface area contributed by atoms with Crippen LogP contribution >= 0.6 is 0 Å². The topological polar surface area (TPSA) is 82.9 Å². The normalized spacial score (nSPS) is 17.1. The summed E-state index contributed by atoms with van der Waals surface area (Å²) in [6, 6.07) is 4.19. The molecule has 0 aliphatic carbocycles. The molecule has 0 aromatic carbocycles. The first-order valence-electron chi connectivity index (χ1n) is 7.57. The lowest BCUT2D eigenvalue weighted by atomic mass is 10.2. The number of aromatic amines is 1. The van der Waals surface area contributed by atoms with E-state index < -0.39 is 0 Å². The summed E-state index contributed by atoms with van der Waals surface area (Å²) < 4.78 is 5.63. The monoisotopic (exact) mass is 298 g/mol. The Balaban J connectivity index is 1.55. The number of rotatable bonds is 5. The van der Waals surface area contributed by atoms with Gasteiger partial charge in [-0.2, -0.15) is 0 Å². The molecule has 0 radical (unpaired) electrons. The quantitative estimate of drug-likeness (QED) is 0.751. The highest BCUT2D eigenvalue weighted by molar-refractivity contribution is 5.81. The molecule has 4 heterocycles. The van der Waals surface area contributed by atoms with Crippen molar-refractivity contribution in [1.82, 2.24) is 24.8 Å². The van der Waals surface area contributed by atoms with Crippen molar-refractivity contribution in [1.29, 1.82) is 0 Å². The molecule has 0 saturated carbocycles. The number of fused-ring (bicyclic) bond motifs is 1. The summed E-state index contributed by atoms with van der Waals surface area (Å²) in [5.41, 5.74) is 1.51. The van der Waals surface area contributed by atoms with Gasteiger partial charge in [-0.15, -0.1) is 0 Å². The van der Waals surface area contributed by atoms with E-state index in [0.29, 0.717) is 5.65 Å². The molecule has 0 bridgehead atoms. The first kappa shape index (κ1) is 13.3. The molecule has 2 N–H and O–H groups in total. The first-order valence-corrected chi connectivity index (χ1v) is 7.57. The molecule has 1 saturated heterocycles. The predicted molar refractivity (Wildman–Crippen MR) is 82.4 cm³/mol. The standard InChI is InChI=1S/C15H18N6O/c1-2-6-21(5-1)11(12-4-3-7-22-12)8-16-14-13-15(18-9-17-13)20-10-19-14/h3-4,7,9-11H,1-2,5-6,8H2,(H2,16,17,18,19,20). The van der Waals surface area contributed by atoms with Gasteiger partial charge < -0.3 is 14.7 Å². The maximum atomic E-state index is 5.63. The van der Waals surface area contributed by atoms with Gasteiger partial charge in [0.1, 0.15) is 17.6 Å². The van der Waals surface area contributed by atoms with Crippen molar-refractivity contribution in [3.8, 4) is 0 Å². The number of furan rings is 1. The molecule has 3 aromatic heterocycles. The zero-order valence-electron chi connectivity index (χ0n) is 12.2. The Morgan fingerprint density at radius 3 is 3.00 bits per heavy atom. The average molecular weight is 298 g/mol. The van der Waals surface area contributed by atoms with E-state index in [0.717, 1.165) is 36.7 Å². The molecule has 0 spiro atoms. The van der Waals surface area contributed by atoms with Crippen LogP contribution in [0.1, 0.15) is 24.6 Å². The van der Waals surface area contributed by atoms with Crippen LogP contribution in [-0.2, 0) is 0 Å². The van der Waals surface area contributed by atoms with Gasteiger partial charge in [0.25, 0.3) is 0 Å². The number of anilines is 1. The third-order valence-corrected chi connectivity index (χ3v) is 4.14. The molecule has 114 valence electrons. The zero-order chi connectivity index (χ0) is 14.8. The maximum absolute atomic E-state index is 5.63. The molecule has 0 amide bonds. The van der Waals surface area contributed by atoms with Crippen LogP contribution in [-0.4, -0.2) is 44.5 Å². The molecular weight excluding hydrogens is 280 g/mol. The minimum Gasteiger partial charge on any atom is -0.468 e. The number of imidazole rings is 1. The van der Waals surface area contributed by atoms with Gasteiger partial charge in [-0.1, -0.05) is 0 Å². The van der Waals surface area contributed by atoms with E-state index in [1.807, 2.05) is 12.1 Å². The summed E-state index contributed by atoms with van der Waals surface area (Å²) in [5.74, 6) is 1.77. The van der Waals surface area contributed by atoms with Crippen molar-refractivity contribution in [2.24, 2.45) is 0 Å². The molecule has 7 heteroatoms. The summed E-state index contributed by atoms with van der Waals surface area (Å²) in [4.78, 5) is 18.1. The van der Waals surface area contributed by atoms with Crippen LogP contribution in [0.15, 0.2) is 35.5 Å². The highest BCUT2D eigenvalue weighted by atomic mass is 16.3. The first-order chi connectivity index (χ1) is 10.9.